The Kier molecular flexibility index (Phi) is 4.78. The first kappa shape index (κ1) is 16.4. The molecule has 0 aliphatic rings. The molecule has 2 N–H and O–H groups in total. The van der Waals surface area contributed by atoms with Gasteiger partial charge < -0.3 is 15.3 Å². The third-order valence-electron chi connectivity index (χ3n) is 3.94. The number of nitrogens with zero attached hydrogens (tertiary/aromatic N) is 2. The van der Waals surface area contributed by atoms with Crippen molar-refractivity contribution in [2.75, 3.05) is 19.0 Å². The zero-order chi connectivity index (χ0) is 17.1. The Balaban J connectivity index is 1.92. The van der Waals surface area contributed by atoms with E-state index in [2.05, 4.69) is 10.3 Å². The predicted molar refractivity (Wildman–Crippen MR) is 98.4 cm³/mol. The van der Waals surface area contributed by atoms with Crippen LogP contribution < -0.4 is 5.32 Å². The number of likely N-dealkylation sites (N-methyl/N-ethyl adjacent to an activating group) is 1. The number of aromatic nitrogens is 1. The van der Waals surface area contributed by atoms with Crippen molar-refractivity contribution in [3.8, 4) is 10.6 Å². The SMILES string of the molecule is CC(CO)N(C)C(=O)Nc1ccccc1-c1nc2ccccc2s1. The van der Waals surface area contributed by atoms with Gasteiger partial charge >= 0.3 is 6.03 Å². The predicted octanol–water partition coefficient (Wildman–Crippen LogP) is 3.81. The van der Waals surface area contributed by atoms with Crippen LogP contribution >= 0.6 is 11.3 Å². The number of rotatable bonds is 4. The molecule has 3 aromatic rings. The monoisotopic (exact) mass is 341 g/mol. The standard InChI is InChI=1S/C18H19N3O2S/c1-12(11-22)21(2)18(23)20-14-8-4-3-7-13(14)17-19-15-9-5-6-10-16(15)24-17/h3-10,12,22H,11H2,1-2H3,(H,20,23). The van der Waals surface area contributed by atoms with Crippen LogP contribution in [0, 0.1) is 0 Å². The Morgan fingerprint density at radius 3 is 2.71 bits per heavy atom. The van der Waals surface area contributed by atoms with Gasteiger partial charge in [-0.05, 0) is 31.2 Å². The van der Waals surface area contributed by atoms with Crippen LogP contribution in [-0.4, -0.2) is 40.7 Å². The van der Waals surface area contributed by atoms with E-state index in [0.29, 0.717) is 5.69 Å². The van der Waals surface area contributed by atoms with Crippen LogP contribution in [0.25, 0.3) is 20.8 Å². The molecule has 0 saturated carbocycles. The van der Waals surface area contributed by atoms with Gasteiger partial charge in [-0.15, -0.1) is 11.3 Å². The van der Waals surface area contributed by atoms with Crippen molar-refractivity contribution >= 4 is 33.3 Å². The Hall–Kier alpha value is -2.44. The number of aliphatic hydroxyl groups excluding tert-OH is 1. The number of nitrogens with one attached hydrogen (secondary N) is 1. The molecule has 0 fully saturated rings. The van der Waals surface area contributed by atoms with Gasteiger partial charge in [-0.2, -0.15) is 0 Å². The molecule has 1 aromatic heterocycles. The first-order valence-corrected chi connectivity index (χ1v) is 8.51. The minimum Gasteiger partial charge on any atom is -0.394 e. The molecule has 3 rings (SSSR count). The highest BCUT2D eigenvalue weighted by atomic mass is 32.1. The Morgan fingerprint density at radius 2 is 1.96 bits per heavy atom. The van der Waals surface area contributed by atoms with E-state index < -0.39 is 0 Å². The summed E-state index contributed by atoms with van der Waals surface area (Å²) in [7, 11) is 1.66. The number of hydrogen-bond acceptors (Lipinski definition) is 4. The Bertz CT molecular complexity index is 829. The van der Waals surface area contributed by atoms with Crippen molar-refractivity contribution in [1.29, 1.82) is 0 Å². The molecule has 2 aromatic carbocycles. The van der Waals surface area contributed by atoms with Crippen LogP contribution in [-0.2, 0) is 0 Å². The molecule has 6 heteroatoms. The molecule has 5 nitrogen and oxygen atoms in total. The largest absolute Gasteiger partial charge is 0.394 e. The summed E-state index contributed by atoms with van der Waals surface area (Å²) in [6.45, 7) is 1.71. The number of hydrogen-bond donors (Lipinski definition) is 2. The number of anilines is 1. The van der Waals surface area contributed by atoms with Gasteiger partial charge in [0.15, 0.2) is 0 Å². The third-order valence-corrected chi connectivity index (χ3v) is 5.01. The van der Waals surface area contributed by atoms with Gasteiger partial charge in [0.05, 0.1) is 28.6 Å². The lowest BCUT2D eigenvalue weighted by Crippen LogP contribution is -2.40. The maximum atomic E-state index is 12.4. The van der Waals surface area contributed by atoms with Crippen molar-refractivity contribution in [3.05, 3.63) is 48.5 Å². The molecule has 1 atom stereocenters. The second-order valence-electron chi connectivity index (χ2n) is 5.60. The van der Waals surface area contributed by atoms with E-state index in [1.165, 1.54) is 4.90 Å². The molecular formula is C18H19N3O2S. The van der Waals surface area contributed by atoms with Crippen molar-refractivity contribution < 1.29 is 9.90 Å². The highest BCUT2D eigenvalue weighted by molar-refractivity contribution is 7.21. The Labute approximate surface area is 144 Å². The average Bonchev–Trinajstić information content (AvgIpc) is 3.04. The lowest BCUT2D eigenvalue weighted by Gasteiger charge is -2.24. The zero-order valence-corrected chi connectivity index (χ0v) is 14.4. The van der Waals surface area contributed by atoms with Crippen LogP contribution in [0.15, 0.2) is 48.5 Å². The summed E-state index contributed by atoms with van der Waals surface area (Å²) in [5.74, 6) is 0. The van der Waals surface area contributed by atoms with Gasteiger partial charge in [0.2, 0.25) is 0 Å². The minimum absolute atomic E-state index is 0.0799. The fourth-order valence-corrected chi connectivity index (χ4v) is 3.30. The molecule has 0 aliphatic heterocycles. The number of carbonyl (C=O) groups is 1. The summed E-state index contributed by atoms with van der Waals surface area (Å²) in [5.41, 5.74) is 2.54. The summed E-state index contributed by atoms with van der Waals surface area (Å²) in [4.78, 5) is 18.5. The molecule has 0 aliphatic carbocycles. The summed E-state index contributed by atoms with van der Waals surface area (Å²) in [5, 5.41) is 13.0. The van der Waals surface area contributed by atoms with Crippen molar-refractivity contribution in [2.24, 2.45) is 0 Å². The van der Waals surface area contributed by atoms with Crippen LogP contribution in [0.4, 0.5) is 10.5 Å². The molecule has 0 saturated heterocycles. The number of amides is 2. The van der Waals surface area contributed by atoms with E-state index >= 15 is 0 Å². The highest BCUT2D eigenvalue weighted by Gasteiger charge is 2.17. The molecular weight excluding hydrogens is 322 g/mol. The van der Waals surface area contributed by atoms with Crippen LogP contribution in [0.5, 0.6) is 0 Å². The van der Waals surface area contributed by atoms with E-state index in [9.17, 15) is 9.90 Å². The topological polar surface area (TPSA) is 65.5 Å². The van der Waals surface area contributed by atoms with Crippen LogP contribution in [0.2, 0.25) is 0 Å². The van der Waals surface area contributed by atoms with Crippen LogP contribution in [0.1, 0.15) is 6.92 Å². The van der Waals surface area contributed by atoms with Crippen molar-refractivity contribution in [3.63, 3.8) is 0 Å². The van der Waals surface area contributed by atoms with Gasteiger partial charge in [-0.3, -0.25) is 0 Å². The van der Waals surface area contributed by atoms with Crippen LogP contribution in [0.3, 0.4) is 0 Å². The number of benzene rings is 2. The summed E-state index contributed by atoms with van der Waals surface area (Å²) >= 11 is 1.59. The van der Waals surface area contributed by atoms with E-state index in [1.54, 1.807) is 25.3 Å². The fourth-order valence-electron chi connectivity index (χ4n) is 2.29. The summed E-state index contributed by atoms with van der Waals surface area (Å²) in [6.07, 6.45) is 0. The lowest BCUT2D eigenvalue weighted by atomic mass is 10.2. The first-order valence-electron chi connectivity index (χ1n) is 7.70. The number of urea groups is 1. The number of carbonyl (C=O) groups excluding carboxylic acids is 1. The van der Waals surface area contributed by atoms with Gasteiger partial charge in [-0.1, -0.05) is 24.3 Å². The second kappa shape index (κ2) is 6.98. The number of aliphatic hydroxyl groups is 1. The maximum Gasteiger partial charge on any atom is 0.321 e. The van der Waals surface area contributed by atoms with E-state index in [4.69, 9.17) is 0 Å². The first-order chi connectivity index (χ1) is 11.6. The van der Waals surface area contributed by atoms with E-state index in [0.717, 1.165) is 20.8 Å². The molecule has 124 valence electrons. The summed E-state index contributed by atoms with van der Waals surface area (Å²) in [6, 6.07) is 15.1. The quantitative estimate of drug-likeness (QED) is 0.758. The summed E-state index contributed by atoms with van der Waals surface area (Å²) < 4.78 is 1.11. The molecule has 24 heavy (non-hydrogen) atoms. The number of fused-ring (bicyclic) bond motifs is 1. The minimum atomic E-state index is -0.259. The van der Waals surface area contributed by atoms with Gasteiger partial charge in [0, 0.05) is 12.6 Å². The molecule has 1 unspecified atom stereocenters. The third kappa shape index (κ3) is 3.25. The number of thiazole rings is 1. The molecule has 0 bridgehead atoms. The van der Waals surface area contributed by atoms with Crippen molar-refractivity contribution in [1.82, 2.24) is 9.88 Å². The highest BCUT2D eigenvalue weighted by Crippen LogP contribution is 2.34. The second-order valence-corrected chi connectivity index (χ2v) is 6.64. The lowest BCUT2D eigenvalue weighted by molar-refractivity contribution is 0.166. The van der Waals surface area contributed by atoms with E-state index in [-0.39, 0.29) is 18.7 Å². The Morgan fingerprint density at radius 1 is 1.25 bits per heavy atom. The average molecular weight is 341 g/mol. The van der Waals surface area contributed by atoms with Gasteiger partial charge in [-0.25, -0.2) is 9.78 Å². The molecule has 0 radical (unpaired) electrons. The zero-order valence-electron chi connectivity index (χ0n) is 13.6. The smallest absolute Gasteiger partial charge is 0.321 e. The molecule has 2 amide bonds. The maximum absolute atomic E-state index is 12.4. The fraction of sp³-hybridized carbons (Fsp3) is 0.222. The molecule has 1 heterocycles. The van der Waals surface area contributed by atoms with Crippen molar-refractivity contribution in [2.45, 2.75) is 13.0 Å². The number of para-hydroxylation sites is 2. The molecule has 0 spiro atoms. The van der Waals surface area contributed by atoms with Gasteiger partial charge in [0.25, 0.3) is 0 Å². The van der Waals surface area contributed by atoms with Gasteiger partial charge in [0.1, 0.15) is 5.01 Å². The van der Waals surface area contributed by atoms with E-state index in [1.807, 2.05) is 48.5 Å². The normalized spacial score (nSPS) is 12.1.